The second-order valence-electron chi connectivity index (χ2n) is 7.62. The number of rotatable bonds is 8. The van der Waals surface area contributed by atoms with E-state index in [2.05, 4.69) is 31.3 Å². The van der Waals surface area contributed by atoms with Crippen molar-refractivity contribution >= 4 is 6.09 Å². The fourth-order valence-electron chi connectivity index (χ4n) is 2.00. The quantitative estimate of drug-likeness (QED) is 0.730. The maximum atomic E-state index is 11.7. The molecule has 0 unspecified atom stereocenters. The van der Waals surface area contributed by atoms with E-state index in [-0.39, 0.29) is 11.5 Å². The summed E-state index contributed by atoms with van der Waals surface area (Å²) in [5, 5.41) is 2.83. The first-order valence-corrected chi connectivity index (χ1v) is 8.26. The summed E-state index contributed by atoms with van der Waals surface area (Å²) in [6.45, 7) is 11.8. The molecular formula is C19H31NO3. The number of hydrogen-bond acceptors (Lipinski definition) is 3. The molecule has 0 atom stereocenters. The Kier molecular flexibility index (Phi) is 7.56. The van der Waals surface area contributed by atoms with Gasteiger partial charge in [0.05, 0.1) is 6.61 Å². The molecule has 1 N–H and O–H groups in total. The zero-order chi connectivity index (χ0) is 17.3. The van der Waals surface area contributed by atoms with Gasteiger partial charge in [0.2, 0.25) is 0 Å². The van der Waals surface area contributed by atoms with Crippen LogP contribution in [0.1, 0.15) is 46.6 Å². The Morgan fingerprint density at radius 2 is 1.70 bits per heavy atom. The summed E-state index contributed by atoms with van der Waals surface area (Å²) in [5.41, 5.74) is 0.802. The molecule has 0 spiro atoms. The molecule has 0 fully saturated rings. The van der Waals surface area contributed by atoms with Crippen molar-refractivity contribution < 1.29 is 14.3 Å². The number of nitrogens with one attached hydrogen (secondary N) is 1. The Bertz CT molecular complexity index is 463. The Morgan fingerprint density at radius 1 is 1.04 bits per heavy atom. The highest BCUT2D eigenvalue weighted by Crippen LogP contribution is 2.19. The summed E-state index contributed by atoms with van der Waals surface area (Å²) in [7, 11) is 0. The van der Waals surface area contributed by atoms with Crippen molar-refractivity contribution in [1.82, 2.24) is 5.32 Å². The van der Waals surface area contributed by atoms with Gasteiger partial charge in [0, 0.05) is 13.2 Å². The first-order chi connectivity index (χ1) is 10.7. The molecule has 23 heavy (non-hydrogen) atoms. The van der Waals surface area contributed by atoms with E-state index in [9.17, 15) is 4.79 Å². The average Bonchev–Trinajstić information content (AvgIpc) is 2.44. The predicted octanol–water partition coefficient (Wildman–Crippen LogP) is 4.19. The molecule has 0 aliphatic heterocycles. The molecule has 0 saturated heterocycles. The molecule has 4 heteroatoms. The normalized spacial score (nSPS) is 12.0. The van der Waals surface area contributed by atoms with Gasteiger partial charge in [-0.2, -0.15) is 0 Å². The van der Waals surface area contributed by atoms with Gasteiger partial charge < -0.3 is 14.8 Å². The van der Waals surface area contributed by atoms with Crippen LogP contribution in [0, 0.1) is 5.41 Å². The minimum atomic E-state index is -0.464. The summed E-state index contributed by atoms with van der Waals surface area (Å²) in [6.07, 6.45) is 1.45. The van der Waals surface area contributed by atoms with Crippen molar-refractivity contribution in [2.45, 2.75) is 53.1 Å². The van der Waals surface area contributed by atoms with Crippen molar-refractivity contribution in [1.29, 1.82) is 0 Å². The Labute approximate surface area is 140 Å². The van der Waals surface area contributed by atoms with E-state index in [1.165, 1.54) is 5.56 Å². The second-order valence-corrected chi connectivity index (χ2v) is 7.62. The smallest absolute Gasteiger partial charge is 0.407 e. The van der Waals surface area contributed by atoms with E-state index in [1.54, 1.807) is 0 Å². The third kappa shape index (κ3) is 9.95. The van der Waals surface area contributed by atoms with Gasteiger partial charge in [-0.1, -0.05) is 44.2 Å². The summed E-state index contributed by atoms with van der Waals surface area (Å²) >= 11 is 0. The zero-order valence-electron chi connectivity index (χ0n) is 15.1. The molecular weight excluding hydrogens is 290 g/mol. The molecule has 130 valence electrons. The van der Waals surface area contributed by atoms with Gasteiger partial charge in [-0.05, 0) is 44.6 Å². The van der Waals surface area contributed by atoms with E-state index in [4.69, 9.17) is 9.47 Å². The van der Waals surface area contributed by atoms with Crippen molar-refractivity contribution in [2.75, 3.05) is 19.8 Å². The van der Waals surface area contributed by atoms with Gasteiger partial charge in [0.15, 0.2) is 0 Å². The summed E-state index contributed by atoms with van der Waals surface area (Å²) < 4.78 is 11.0. The number of carbonyl (C=O) groups excluding carboxylic acids is 1. The lowest BCUT2D eigenvalue weighted by Crippen LogP contribution is -2.38. The van der Waals surface area contributed by atoms with Crippen molar-refractivity contribution in [3.8, 4) is 0 Å². The van der Waals surface area contributed by atoms with Crippen LogP contribution in [0.3, 0.4) is 0 Å². The summed E-state index contributed by atoms with van der Waals surface area (Å²) in [4.78, 5) is 11.7. The van der Waals surface area contributed by atoms with Crippen molar-refractivity contribution in [2.24, 2.45) is 5.41 Å². The highest BCUT2D eigenvalue weighted by Gasteiger charge is 2.21. The Hall–Kier alpha value is -1.55. The molecule has 1 amide bonds. The third-order valence-electron chi connectivity index (χ3n) is 3.41. The van der Waals surface area contributed by atoms with E-state index < -0.39 is 5.60 Å². The van der Waals surface area contributed by atoms with E-state index in [1.807, 2.05) is 39.0 Å². The number of carbonyl (C=O) groups is 1. The van der Waals surface area contributed by atoms with E-state index in [0.717, 1.165) is 19.4 Å². The van der Waals surface area contributed by atoms with Crippen LogP contribution in [0.15, 0.2) is 30.3 Å². The highest BCUT2D eigenvalue weighted by molar-refractivity contribution is 5.67. The molecule has 0 aromatic heterocycles. The summed E-state index contributed by atoms with van der Waals surface area (Å²) in [6, 6.07) is 10.3. The first kappa shape index (κ1) is 19.5. The van der Waals surface area contributed by atoms with Gasteiger partial charge in [-0.3, -0.25) is 0 Å². The van der Waals surface area contributed by atoms with Gasteiger partial charge in [-0.15, -0.1) is 0 Å². The number of alkyl carbamates (subject to hydrolysis) is 1. The molecule has 0 bridgehead atoms. The second kappa shape index (κ2) is 8.92. The minimum absolute atomic E-state index is 0.0242. The molecule has 1 aromatic rings. The number of ether oxygens (including phenoxy) is 2. The maximum Gasteiger partial charge on any atom is 0.407 e. The lowest BCUT2D eigenvalue weighted by Gasteiger charge is -2.26. The van der Waals surface area contributed by atoms with E-state index in [0.29, 0.717) is 13.2 Å². The standard InChI is InChI=1S/C19H31NO3/c1-18(2,3)23-17(21)20-15-19(4,5)12-14-22-13-11-16-9-7-6-8-10-16/h6-10H,11-15H2,1-5H3,(H,20,21). The lowest BCUT2D eigenvalue weighted by atomic mass is 9.90. The number of benzene rings is 1. The van der Waals surface area contributed by atoms with Crippen LogP contribution in [-0.4, -0.2) is 31.5 Å². The maximum absolute atomic E-state index is 11.7. The SMILES string of the molecule is CC(C)(CCOCCc1ccccc1)CNC(=O)OC(C)(C)C. The van der Waals surface area contributed by atoms with Crippen LogP contribution >= 0.6 is 0 Å². The molecule has 4 nitrogen and oxygen atoms in total. The fraction of sp³-hybridized carbons (Fsp3) is 0.632. The Morgan fingerprint density at radius 3 is 2.30 bits per heavy atom. The molecule has 0 aliphatic rings. The Balaban J connectivity index is 2.16. The fourth-order valence-corrected chi connectivity index (χ4v) is 2.00. The molecule has 0 saturated carbocycles. The minimum Gasteiger partial charge on any atom is -0.444 e. The van der Waals surface area contributed by atoms with Gasteiger partial charge >= 0.3 is 6.09 Å². The van der Waals surface area contributed by atoms with Crippen LogP contribution in [0.4, 0.5) is 4.79 Å². The molecule has 0 radical (unpaired) electrons. The van der Waals surface area contributed by atoms with Crippen molar-refractivity contribution in [3.05, 3.63) is 35.9 Å². The monoisotopic (exact) mass is 321 g/mol. The molecule has 1 rings (SSSR count). The predicted molar refractivity (Wildman–Crippen MR) is 93.6 cm³/mol. The lowest BCUT2D eigenvalue weighted by molar-refractivity contribution is 0.0488. The van der Waals surface area contributed by atoms with Gasteiger partial charge in [-0.25, -0.2) is 4.79 Å². The third-order valence-corrected chi connectivity index (χ3v) is 3.41. The first-order valence-electron chi connectivity index (χ1n) is 8.26. The summed E-state index contributed by atoms with van der Waals surface area (Å²) in [5.74, 6) is 0. The van der Waals surface area contributed by atoms with Crippen LogP contribution in [0.5, 0.6) is 0 Å². The van der Waals surface area contributed by atoms with E-state index >= 15 is 0 Å². The number of amides is 1. The zero-order valence-corrected chi connectivity index (χ0v) is 15.1. The molecule has 0 aliphatic carbocycles. The topological polar surface area (TPSA) is 47.6 Å². The largest absolute Gasteiger partial charge is 0.444 e. The highest BCUT2D eigenvalue weighted by atomic mass is 16.6. The van der Waals surface area contributed by atoms with Crippen LogP contribution in [-0.2, 0) is 15.9 Å². The van der Waals surface area contributed by atoms with Gasteiger partial charge in [0.1, 0.15) is 5.60 Å². The van der Waals surface area contributed by atoms with Crippen LogP contribution in [0.2, 0.25) is 0 Å². The average molecular weight is 321 g/mol. The number of hydrogen-bond donors (Lipinski definition) is 1. The van der Waals surface area contributed by atoms with Crippen LogP contribution in [0.25, 0.3) is 0 Å². The molecule has 0 heterocycles. The molecule has 1 aromatic carbocycles. The van der Waals surface area contributed by atoms with Crippen molar-refractivity contribution in [3.63, 3.8) is 0 Å². The van der Waals surface area contributed by atoms with Crippen LogP contribution < -0.4 is 5.32 Å². The van der Waals surface area contributed by atoms with Gasteiger partial charge in [0.25, 0.3) is 0 Å².